The van der Waals surface area contributed by atoms with E-state index in [0.717, 1.165) is 5.56 Å². The SMILES string of the molecule is CCO/C(N)=C1/C(=NC(=O)c2ccccc2)OCC1c1ccccc1. The Hall–Kier alpha value is -3.08. The standard InChI is InChI=1S/C20H20N2O3/c1-2-24-18(21)17-16(14-9-5-3-6-10-14)13-25-20(17)22-19(23)15-11-7-4-8-12-15/h3-12,16H,2,13,21H2,1H3/b18-17+,22-20?. The molecule has 3 rings (SSSR count). The highest BCUT2D eigenvalue weighted by molar-refractivity contribution is 6.08. The van der Waals surface area contributed by atoms with Crippen LogP contribution in [0.15, 0.2) is 77.1 Å². The van der Waals surface area contributed by atoms with Crippen LogP contribution < -0.4 is 5.73 Å². The third-order valence-electron chi connectivity index (χ3n) is 3.96. The van der Waals surface area contributed by atoms with Gasteiger partial charge in [-0.2, -0.15) is 4.99 Å². The number of amides is 1. The van der Waals surface area contributed by atoms with Crippen LogP contribution in [0.4, 0.5) is 0 Å². The Morgan fingerprint density at radius 1 is 1.16 bits per heavy atom. The van der Waals surface area contributed by atoms with Crippen molar-refractivity contribution in [3.63, 3.8) is 0 Å². The van der Waals surface area contributed by atoms with Gasteiger partial charge in [-0.15, -0.1) is 0 Å². The number of ether oxygens (including phenoxy) is 2. The molecule has 5 heteroatoms. The summed E-state index contributed by atoms with van der Waals surface area (Å²) in [5.74, 6) is -0.0108. The molecule has 1 amide bonds. The lowest BCUT2D eigenvalue weighted by atomic mass is 9.93. The second-order valence-corrected chi connectivity index (χ2v) is 5.57. The highest BCUT2D eigenvalue weighted by atomic mass is 16.5. The third kappa shape index (κ3) is 3.71. The summed E-state index contributed by atoms with van der Waals surface area (Å²) in [5.41, 5.74) is 8.27. The van der Waals surface area contributed by atoms with E-state index in [0.29, 0.717) is 24.4 Å². The number of hydrogen-bond donors (Lipinski definition) is 1. The smallest absolute Gasteiger partial charge is 0.280 e. The Bertz CT molecular complexity index is 798. The summed E-state index contributed by atoms with van der Waals surface area (Å²) in [6.45, 7) is 2.65. The number of carbonyl (C=O) groups excluding carboxylic acids is 1. The third-order valence-corrected chi connectivity index (χ3v) is 3.96. The van der Waals surface area contributed by atoms with E-state index < -0.39 is 0 Å². The lowest BCUT2D eigenvalue weighted by Crippen LogP contribution is -2.15. The molecule has 1 aliphatic rings. The minimum atomic E-state index is -0.369. The summed E-state index contributed by atoms with van der Waals surface area (Å²) in [5, 5.41) is 0. The molecule has 1 fully saturated rings. The van der Waals surface area contributed by atoms with Crippen molar-refractivity contribution in [3.8, 4) is 0 Å². The molecule has 0 radical (unpaired) electrons. The zero-order chi connectivity index (χ0) is 17.6. The summed E-state index contributed by atoms with van der Waals surface area (Å²) in [7, 11) is 0. The number of rotatable bonds is 4. The van der Waals surface area contributed by atoms with Crippen LogP contribution in [0.5, 0.6) is 0 Å². The van der Waals surface area contributed by atoms with E-state index in [9.17, 15) is 4.79 Å². The number of aliphatic imine (C=N–C) groups is 1. The second kappa shape index (κ2) is 7.66. The molecule has 1 aliphatic heterocycles. The van der Waals surface area contributed by atoms with Crippen LogP contribution in [-0.4, -0.2) is 25.0 Å². The molecule has 2 N–H and O–H groups in total. The number of nitrogens with zero attached hydrogens (tertiary/aromatic N) is 1. The van der Waals surface area contributed by atoms with Crippen molar-refractivity contribution in [3.05, 3.63) is 83.2 Å². The Balaban J connectivity index is 1.98. The van der Waals surface area contributed by atoms with Gasteiger partial charge in [-0.1, -0.05) is 48.5 Å². The Morgan fingerprint density at radius 3 is 2.44 bits per heavy atom. The average Bonchev–Trinajstić information content (AvgIpc) is 3.07. The van der Waals surface area contributed by atoms with Crippen LogP contribution in [0.25, 0.3) is 0 Å². The van der Waals surface area contributed by atoms with Crippen molar-refractivity contribution in [1.29, 1.82) is 0 Å². The maximum Gasteiger partial charge on any atom is 0.280 e. The van der Waals surface area contributed by atoms with Crippen molar-refractivity contribution < 1.29 is 14.3 Å². The molecule has 0 bridgehead atoms. The number of carbonyl (C=O) groups is 1. The summed E-state index contributed by atoms with van der Waals surface area (Å²) in [6, 6.07) is 18.7. The number of benzene rings is 2. The van der Waals surface area contributed by atoms with Crippen molar-refractivity contribution in [2.45, 2.75) is 12.8 Å². The largest absolute Gasteiger partial charge is 0.479 e. The van der Waals surface area contributed by atoms with Gasteiger partial charge in [0.1, 0.15) is 6.61 Å². The van der Waals surface area contributed by atoms with Crippen LogP contribution >= 0.6 is 0 Å². The van der Waals surface area contributed by atoms with Crippen LogP contribution in [-0.2, 0) is 9.47 Å². The van der Waals surface area contributed by atoms with Crippen molar-refractivity contribution in [1.82, 2.24) is 0 Å². The molecule has 0 aromatic heterocycles. The zero-order valence-electron chi connectivity index (χ0n) is 14.0. The van der Waals surface area contributed by atoms with E-state index in [-0.39, 0.29) is 23.6 Å². The minimum absolute atomic E-state index is 0.116. The Labute approximate surface area is 146 Å². The van der Waals surface area contributed by atoms with E-state index in [1.807, 2.05) is 43.3 Å². The molecule has 2 aromatic rings. The topological polar surface area (TPSA) is 73.9 Å². The quantitative estimate of drug-likeness (QED) is 0.870. The van der Waals surface area contributed by atoms with E-state index in [1.165, 1.54) is 0 Å². The number of nitrogens with two attached hydrogens (primary N) is 1. The van der Waals surface area contributed by atoms with Gasteiger partial charge < -0.3 is 15.2 Å². The molecular weight excluding hydrogens is 316 g/mol. The molecule has 2 aromatic carbocycles. The molecule has 128 valence electrons. The van der Waals surface area contributed by atoms with Gasteiger partial charge >= 0.3 is 0 Å². The van der Waals surface area contributed by atoms with E-state index in [4.69, 9.17) is 15.2 Å². The zero-order valence-corrected chi connectivity index (χ0v) is 14.0. The van der Waals surface area contributed by atoms with Gasteiger partial charge in [-0.25, -0.2) is 0 Å². The predicted octanol–water partition coefficient (Wildman–Crippen LogP) is 3.25. The van der Waals surface area contributed by atoms with Gasteiger partial charge in [-0.05, 0) is 24.6 Å². The Morgan fingerprint density at radius 2 is 1.80 bits per heavy atom. The molecule has 1 unspecified atom stereocenters. The van der Waals surface area contributed by atoms with Crippen LogP contribution in [0.3, 0.4) is 0 Å². The van der Waals surface area contributed by atoms with E-state index in [1.54, 1.807) is 24.3 Å². The molecule has 1 heterocycles. The van der Waals surface area contributed by atoms with Crippen LogP contribution in [0.1, 0.15) is 28.8 Å². The monoisotopic (exact) mass is 336 g/mol. The summed E-state index contributed by atoms with van der Waals surface area (Å²) in [4.78, 5) is 16.5. The molecule has 1 atom stereocenters. The molecule has 0 saturated carbocycles. The van der Waals surface area contributed by atoms with Crippen molar-refractivity contribution in [2.75, 3.05) is 13.2 Å². The highest BCUT2D eigenvalue weighted by Gasteiger charge is 2.34. The first-order valence-electron chi connectivity index (χ1n) is 8.19. The molecule has 1 saturated heterocycles. The fourth-order valence-corrected chi connectivity index (χ4v) is 2.76. The van der Waals surface area contributed by atoms with Gasteiger partial charge in [0.05, 0.1) is 18.1 Å². The van der Waals surface area contributed by atoms with Crippen molar-refractivity contribution >= 4 is 11.8 Å². The molecule has 0 spiro atoms. The summed E-state index contributed by atoms with van der Waals surface area (Å²) >= 11 is 0. The minimum Gasteiger partial charge on any atom is -0.479 e. The highest BCUT2D eigenvalue weighted by Crippen LogP contribution is 2.33. The maximum absolute atomic E-state index is 12.4. The molecular formula is C20H20N2O3. The lowest BCUT2D eigenvalue weighted by Gasteiger charge is -2.12. The summed E-state index contributed by atoms with van der Waals surface area (Å²) in [6.07, 6.45) is 0. The normalized spacial score (nSPS) is 20.2. The molecule has 25 heavy (non-hydrogen) atoms. The first kappa shape index (κ1) is 16.8. The van der Waals surface area contributed by atoms with Gasteiger partial charge in [0.15, 0.2) is 5.88 Å². The lowest BCUT2D eigenvalue weighted by molar-refractivity contribution is 0.1000. The fraction of sp³-hybridized carbons (Fsp3) is 0.200. The fourth-order valence-electron chi connectivity index (χ4n) is 2.76. The van der Waals surface area contributed by atoms with E-state index in [2.05, 4.69) is 4.99 Å². The number of hydrogen-bond acceptors (Lipinski definition) is 4. The van der Waals surface area contributed by atoms with Gasteiger partial charge in [0, 0.05) is 5.56 Å². The van der Waals surface area contributed by atoms with Crippen LogP contribution in [0, 0.1) is 0 Å². The molecule has 0 aliphatic carbocycles. The second-order valence-electron chi connectivity index (χ2n) is 5.57. The van der Waals surface area contributed by atoms with Gasteiger partial charge in [0.25, 0.3) is 5.91 Å². The predicted molar refractivity (Wildman–Crippen MR) is 96.2 cm³/mol. The van der Waals surface area contributed by atoms with Gasteiger partial charge in [-0.3, -0.25) is 4.79 Å². The first-order chi connectivity index (χ1) is 12.2. The average molecular weight is 336 g/mol. The van der Waals surface area contributed by atoms with Crippen molar-refractivity contribution in [2.24, 2.45) is 10.7 Å². The maximum atomic E-state index is 12.4. The van der Waals surface area contributed by atoms with Crippen LogP contribution in [0.2, 0.25) is 0 Å². The van der Waals surface area contributed by atoms with E-state index >= 15 is 0 Å². The van der Waals surface area contributed by atoms with Gasteiger partial charge in [0.2, 0.25) is 5.90 Å². The summed E-state index contributed by atoms with van der Waals surface area (Å²) < 4.78 is 11.2. The molecule has 5 nitrogen and oxygen atoms in total. The Kier molecular flexibility index (Phi) is 5.14. The first-order valence-corrected chi connectivity index (χ1v) is 8.19.